The lowest BCUT2D eigenvalue weighted by atomic mass is 9.49. The van der Waals surface area contributed by atoms with E-state index < -0.39 is 0 Å². The average molecular weight is 433 g/mol. The fourth-order valence-corrected chi connectivity index (χ4v) is 6.75. The van der Waals surface area contributed by atoms with Crippen LogP contribution in [0, 0.1) is 36.0 Å². The summed E-state index contributed by atoms with van der Waals surface area (Å²) in [7, 11) is 0. The van der Waals surface area contributed by atoms with Gasteiger partial charge < -0.3 is 0 Å². The van der Waals surface area contributed by atoms with E-state index >= 15 is 0 Å². The highest BCUT2D eigenvalue weighted by molar-refractivity contribution is 6.31. The number of nitrogens with one attached hydrogen (secondary N) is 2. The topological polar surface area (TPSA) is 76.0 Å². The number of aromatic nitrogens is 2. The molecule has 2 amide bonds. The van der Waals surface area contributed by atoms with Gasteiger partial charge in [-0.15, -0.1) is 0 Å². The molecule has 0 atom stereocenters. The number of hydrazine groups is 1. The SMILES string of the molecule is Cc1nn(CC(C)C)c(Cl)c1/C=C/C(=O)NNC(=O)CC12CC3CC(CC(C3)C1)C2. The quantitative estimate of drug-likeness (QED) is 0.520. The van der Waals surface area contributed by atoms with Gasteiger partial charge in [0, 0.05) is 24.6 Å². The molecule has 0 radical (unpaired) electrons. The summed E-state index contributed by atoms with van der Waals surface area (Å²) in [5, 5.41) is 4.96. The van der Waals surface area contributed by atoms with E-state index in [1.165, 1.54) is 44.6 Å². The van der Waals surface area contributed by atoms with Crippen LogP contribution in [-0.4, -0.2) is 21.6 Å². The standard InChI is InChI=1S/C23H33ClN4O2/c1-14(2)13-28-22(24)19(15(3)27-28)4-5-20(29)25-26-21(30)12-23-9-16-6-17(10-23)8-18(7-16)11-23/h4-5,14,16-18H,6-13H2,1-3H3,(H,25,29)(H,26,30)/b5-4+. The summed E-state index contributed by atoms with van der Waals surface area (Å²) in [5.74, 6) is 2.40. The minimum absolute atomic E-state index is 0.0855. The van der Waals surface area contributed by atoms with Gasteiger partial charge >= 0.3 is 0 Å². The molecule has 4 aliphatic rings. The summed E-state index contributed by atoms with van der Waals surface area (Å²) in [6, 6.07) is 0. The molecule has 1 aromatic heterocycles. The molecule has 4 bridgehead atoms. The number of rotatable bonds is 6. The molecule has 30 heavy (non-hydrogen) atoms. The second kappa shape index (κ2) is 8.37. The normalized spacial score (nSPS) is 29.7. The van der Waals surface area contributed by atoms with Crippen LogP contribution in [0.2, 0.25) is 5.15 Å². The van der Waals surface area contributed by atoms with E-state index in [1.807, 2.05) is 6.92 Å². The molecule has 0 unspecified atom stereocenters. The van der Waals surface area contributed by atoms with Gasteiger partial charge in [-0.2, -0.15) is 5.10 Å². The first-order valence-electron chi connectivity index (χ1n) is 11.2. The molecule has 0 spiro atoms. The lowest BCUT2D eigenvalue weighted by Gasteiger charge is -2.56. The third-order valence-corrected chi connectivity index (χ3v) is 7.47. The molecule has 6 nitrogen and oxygen atoms in total. The highest BCUT2D eigenvalue weighted by atomic mass is 35.5. The molecule has 2 N–H and O–H groups in total. The van der Waals surface area contributed by atoms with Crippen LogP contribution in [-0.2, 0) is 16.1 Å². The van der Waals surface area contributed by atoms with Crippen molar-refractivity contribution in [2.24, 2.45) is 29.1 Å². The minimum Gasteiger partial charge on any atom is -0.273 e. The molecule has 0 aromatic carbocycles. The van der Waals surface area contributed by atoms with Crippen molar-refractivity contribution in [2.75, 3.05) is 0 Å². The molecule has 1 heterocycles. The Kier molecular flexibility index (Phi) is 5.97. The van der Waals surface area contributed by atoms with Crippen LogP contribution in [0.4, 0.5) is 0 Å². The van der Waals surface area contributed by atoms with Crippen LogP contribution in [0.25, 0.3) is 6.08 Å². The summed E-state index contributed by atoms with van der Waals surface area (Å²) in [6.07, 6.45) is 11.2. The second-order valence-electron chi connectivity index (χ2n) is 10.3. The van der Waals surface area contributed by atoms with Gasteiger partial charge in [0.1, 0.15) is 5.15 Å². The Hall–Kier alpha value is -1.82. The van der Waals surface area contributed by atoms with E-state index in [-0.39, 0.29) is 17.2 Å². The van der Waals surface area contributed by atoms with E-state index in [4.69, 9.17) is 11.6 Å². The van der Waals surface area contributed by atoms with Crippen LogP contribution >= 0.6 is 11.6 Å². The molecule has 4 saturated carbocycles. The highest BCUT2D eigenvalue weighted by Crippen LogP contribution is 2.61. The number of halogens is 1. The molecular weight excluding hydrogens is 400 g/mol. The van der Waals surface area contributed by atoms with E-state index in [2.05, 4.69) is 29.8 Å². The van der Waals surface area contributed by atoms with Gasteiger partial charge in [-0.1, -0.05) is 25.4 Å². The van der Waals surface area contributed by atoms with Gasteiger partial charge in [0.2, 0.25) is 5.91 Å². The Morgan fingerprint density at radius 1 is 1.17 bits per heavy atom. The van der Waals surface area contributed by atoms with Gasteiger partial charge in [-0.25, -0.2) is 0 Å². The monoisotopic (exact) mass is 432 g/mol. The summed E-state index contributed by atoms with van der Waals surface area (Å²) in [5.41, 5.74) is 6.79. The van der Waals surface area contributed by atoms with Crippen LogP contribution in [0.5, 0.6) is 0 Å². The predicted octanol–water partition coefficient (Wildman–Crippen LogP) is 4.27. The first kappa shape index (κ1) is 21.4. The summed E-state index contributed by atoms with van der Waals surface area (Å²) >= 11 is 6.40. The first-order chi connectivity index (χ1) is 14.2. The third-order valence-electron chi connectivity index (χ3n) is 7.07. The Balaban J connectivity index is 1.29. The molecule has 164 valence electrons. The van der Waals surface area contributed by atoms with E-state index in [0.29, 0.717) is 17.5 Å². The maximum atomic E-state index is 12.5. The van der Waals surface area contributed by atoms with Crippen molar-refractivity contribution in [3.05, 3.63) is 22.5 Å². The van der Waals surface area contributed by atoms with Crippen LogP contribution in [0.3, 0.4) is 0 Å². The smallest absolute Gasteiger partial charge is 0.262 e. The Morgan fingerprint density at radius 2 is 1.77 bits per heavy atom. The van der Waals surface area contributed by atoms with Gasteiger partial charge in [0.15, 0.2) is 0 Å². The van der Waals surface area contributed by atoms with Crippen LogP contribution in [0.1, 0.15) is 70.1 Å². The number of aryl methyl sites for hydroxylation is 1. The number of carbonyl (C=O) groups excluding carboxylic acids is 2. The van der Waals surface area contributed by atoms with Gasteiger partial charge in [-0.05, 0) is 80.6 Å². The zero-order valence-electron chi connectivity index (χ0n) is 18.2. The summed E-state index contributed by atoms with van der Waals surface area (Å²) in [6.45, 7) is 6.79. The largest absolute Gasteiger partial charge is 0.273 e. The lowest BCUT2D eigenvalue weighted by molar-refractivity contribution is -0.133. The fraction of sp³-hybridized carbons (Fsp3) is 0.696. The molecule has 7 heteroatoms. The van der Waals surface area contributed by atoms with E-state index in [9.17, 15) is 9.59 Å². The van der Waals surface area contributed by atoms with Crippen molar-refractivity contribution in [3.63, 3.8) is 0 Å². The highest BCUT2D eigenvalue weighted by Gasteiger charge is 2.51. The number of hydrogen-bond acceptors (Lipinski definition) is 3. The first-order valence-corrected chi connectivity index (χ1v) is 11.6. The average Bonchev–Trinajstić information content (AvgIpc) is 2.89. The zero-order chi connectivity index (χ0) is 21.5. The van der Waals surface area contributed by atoms with Crippen molar-refractivity contribution in [1.29, 1.82) is 0 Å². The minimum atomic E-state index is -0.374. The predicted molar refractivity (Wildman–Crippen MR) is 117 cm³/mol. The third kappa shape index (κ3) is 4.58. The molecule has 4 aliphatic carbocycles. The van der Waals surface area contributed by atoms with Gasteiger partial charge in [-0.3, -0.25) is 25.1 Å². The van der Waals surface area contributed by atoms with Crippen molar-refractivity contribution >= 4 is 29.5 Å². The number of amides is 2. The maximum Gasteiger partial charge on any atom is 0.262 e. The van der Waals surface area contributed by atoms with Crippen molar-refractivity contribution < 1.29 is 9.59 Å². The number of hydrogen-bond donors (Lipinski definition) is 2. The molecule has 5 rings (SSSR count). The molecule has 1 aromatic rings. The summed E-state index contributed by atoms with van der Waals surface area (Å²) in [4.78, 5) is 24.7. The van der Waals surface area contributed by atoms with E-state index in [0.717, 1.165) is 35.6 Å². The van der Waals surface area contributed by atoms with Gasteiger partial charge in [0.05, 0.1) is 5.69 Å². The van der Waals surface area contributed by atoms with E-state index in [1.54, 1.807) is 10.8 Å². The molecular formula is C23H33ClN4O2. The Bertz CT molecular complexity index is 822. The van der Waals surface area contributed by atoms with Crippen molar-refractivity contribution in [3.8, 4) is 0 Å². The summed E-state index contributed by atoms with van der Waals surface area (Å²) < 4.78 is 1.76. The molecule has 0 aliphatic heterocycles. The molecule has 0 saturated heterocycles. The van der Waals surface area contributed by atoms with Crippen LogP contribution in [0.15, 0.2) is 6.08 Å². The molecule has 4 fully saturated rings. The van der Waals surface area contributed by atoms with Gasteiger partial charge in [0.25, 0.3) is 5.91 Å². The van der Waals surface area contributed by atoms with Crippen molar-refractivity contribution in [1.82, 2.24) is 20.6 Å². The zero-order valence-corrected chi connectivity index (χ0v) is 19.0. The Morgan fingerprint density at radius 3 is 2.33 bits per heavy atom. The fourth-order valence-electron chi connectivity index (χ4n) is 6.45. The maximum absolute atomic E-state index is 12.5. The number of nitrogens with zero attached hydrogens (tertiary/aromatic N) is 2. The van der Waals surface area contributed by atoms with Crippen LogP contribution < -0.4 is 10.9 Å². The lowest BCUT2D eigenvalue weighted by Crippen LogP contribution is -2.49. The number of carbonyl (C=O) groups is 2. The van der Waals surface area contributed by atoms with Crippen molar-refractivity contribution in [2.45, 2.75) is 72.3 Å². The second-order valence-corrected chi connectivity index (χ2v) is 10.7. The Labute approximate surface area is 183 Å².